The van der Waals surface area contributed by atoms with Gasteiger partial charge in [-0.3, -0.25) is 0 Å². The molecule has 3 atom stereocenters. The summed E-state index contributed by atoms with van der Waals surface area (Å²) in [5.74, 6) is -0.0567. The lowest BCUT2D eigenvalue weighted by Gasteiger charge is -2.34. The minimum absolute atomic E-state index is 0.0567. The molecule has 6 heteroatoms. The Morgan fingerprint density at radius 1 is 0.653 bits per heavy atom. The fourth-order valence-electron chi connectivity index (χ4n) is 6.38. The molecular weight excluding hydrogens is 610 g/mol. The average molecular weight is 654 g/mol. The summed E-state index contributed by atoms with van der Waals surface area (Å²) < 4.78 is 25.4. The van der Waals surface area contributed by atoms with E-state index in [9.17, 15) is 4.79 Å². The van der Waals surface area contributed by atoms with Crippen molar-refractivity contribution in [2.45, 2.75) is 50.4 Å². The van der Waals surface area contributed by atoms with Crippen molar-refractivity contribution < 1.29 is 23.7 Å². The molecule has 0 saturated heterocycles. The van der Waals surface area contributed by atoms with Gasteiger partial charge in [0.2, 0.25) is 0 Å². The number of benzene rings is 5. The van der Waals surface area contributed by atoms with Crippen LogP contribution in [0.15, 0.2) is 152 Å². The van der Waals surface area contributed by atoms with E-state index in [0.717, 1.165) is 27.8 Å². The van der Waals surface area contributed by atoms with Crippen molar-refractivity contribution in [3.05, 3.63) is 180 Å². The van der Waals surface area contributed by atoms with E-state index in [1.807, 2.05) is 121 Å². The number of nitrogens with one attached hydrogen (secondary N) is 1. The highest BCUT2D eigenvalue weighted by Gasteiger charge is 2.34. The monoisotopic (exact) mass is 653 g/mol. The van der Waals surface area contributed by atoms with Gasteiger partial charge in [-0.2, -0.15) is 0 Å². The second-order valence-electron chi connectivity index (χ2n) is 12.2. The summed E-state index contributed by atoms with van der Waals surface area (Å²) in [6.45, 7) is 5.49. The third kappa shape index (κ3) is 9.12. The van der Waals surface area contributed by atoms with Crippen LogP contribution in [0.25, 0.3) is 11.1 Å². The number of alkyl carbamates (subject to hydrolysis) is 1. The quantitative estimate of drug-likeness (QED) is 0.102. The molecule has 0 fully saturated rings. The maximum atomic E-state index is 13.7. The van der Waals surface area contributed by atoms with Crippen molar-refractivity contribution >= 4 is 6.09 Å². The van der Waals surface area contributed by atoms with Gasteiger partial charge in [-0.25, -0.2) is 4.79 Å². The first-order valence-corrected chi connectivity index (χ1v) is 16.8. The van der Waals surface area contributed by atoms with Crippen LogP contribution < -0.4 is 5.32 Å². The Labute approximate surface area is 289 Å². The van der Waals surface area contributed by atoms with Crippen LogP contribution in [-0.4, -0.2) is 37.6 Å². The predicted octanol–water partition coefficient (Wildman–Crippen LogP) is 8.86. The van der Waals surface area contributed by atoms with E-state index in [4.69, 9.17) is 18.9 Å². The Morgan fingerprint density at radius 2 is 1.14 bits per heavy atom. The zero-order valence-corrected chi connectivity index (χ0v) is 27.7. The maximum absolute atomic E-state index is 13.7. The van der Waals surface area contributed by atoms with Crippen molar-refractivity contribution in [2.24, 2.45) is 0 Å². The third-order valence-corrected chi connectivity index (χ3v) is 8.81. The highest BCUT2D eigenvalue weighted by Crippen LogP contribution is 2.44. The summed E-state index contributed by atoms with van der Waals surface area (Å²) in [5, 5.41) is 3.12. The molecule has 0 aliphatic heterocycles. The van der Waals surface area contributed by atoms with Gasteiger partial charge in [-0.1, -0.05) is 146 Å². The number of rotatable bonds is 17. The Bertz CT molecular complexity index is 1720. The number of ether oxygens (including phenoxy) is 4. The Balaban J connectivity index is 1.22. The molecule has 5 aromatic rings. The van der Waals surface area contributed by atoms with Crippen LogP contribution in [0.4, 0.5) is 4.79 Å². The van der Waals surface area contributed by atoms with Crippen molar-refractivity contribution in [2.75, 3.05) is 13.2 Å². The molecule has 250 valence electrons. The maximum Gasteiger partial charge on any atom is 0.407 e. The number of hydrogen-bond donors (Lipinski definition) is 1. The van der Waals surface area contributed by atoms with Gasteiger partial charge in [0.25, 0.3) is 0 Å². The molecule has 0 unspecified atom stereocenters. The molecule has 0 spiro atoms. The van der Waals surface area contributed by atoms with E-state index >= 15 is 0 Å². The predicted molar refractivity (Wildman–Crippen MR) is 193 cm³/mol. The van der Waals surface area contributed by atoms with Gasteiger partial charge in [0, 0.05) is 5.92 Å². The van der Waals surface area contributed by atoms with E-state index < -0.39 is 24.3 Å². The highest BCUT2D eigenvalue weighted by atomic mass is 16.6. The lowest BCUT2D eigenvalue weighted by atomic mass is 9.98. The summed E-state index contributed by atoms with van der Waals surface area (Å²) in [5.41, 5.74) is 7.75. The summed E-state index contributed by atoms with van der Waals surface area (Å²) in [6.07, 6.45) is 0.778. The van der Waals surface area contributed by atoms with Gasteiger partial charge in [-0.15, -0.1) is 6.58 Å². The van der Waals surface area contributed by atoms with Crippen LogP contribution in [0, 0.1) is 0 Å². The molecule has 0 bridgehead atoms. The number of carbonyl (C=O) groups excluding carboxylic acids is 1. The zero-order valence-electron chi connectivity index (χ0n) is 27.7. The molecule has 0 heterocycles. The molecule has 1 aliphatic carbocycles. The lowest BCUT2D eigenvalue weighted by Crippen LogP contribution is -2.53. The molecule has 6 nitrogen and oxygen atoms in total. The number of carbonyl (C=O) groups is 1. The van der Waals surface area contributed by atoms with E-state index in [0.29, 0.717) is 26.2 Å². The van der Waals surface area contributed by atoms with Gasteiger partial charge in [0.05, 0.1) is 38.6 Å². The summed E-state index contributed by atoms with van der Waals surface area (Å²) >= 11 is 0. The number of fused-ring (bicyclic) bond motifs is 3. The van der Waals surface area contributed by atoms with E-state index in [-0.39, 0.29) is 19.1 Å². The van der Waals surface area contributed by atoms with E-state index in [1.165, 1.54) is 11.1 Å². The van der Waals surface area contributed by atoms with Crippen molar-refractivity contribution in [1.29, 1.82) is 0 Å². The topological polar surface area (TPSA) is 66.0 Å². The normalized spacial score (nSPS) is 13.9. The number of hydrogen-bond acceptors (Lipinski definition) is 5. The highest BCUT2D eigenvalue weighted by molar-refractivity contribution is 5.79. The first kappa shape index (κ1) is 33.9. The van der Waals surface area contributed by atoms with Crippen LogP contribution in [0.3, 0.4) is 0 Å². The molecule has 0 aromatic heterocycles. The molecular formula is C43H43NO5. The Kier molecular flexibility index (Phi) is 12.0. The van der Waals surface area contributed by atoms with Crippen molar-refractivity contribution in [3.8, 4) is 11.1 Å². The fraction of sp³-hybridized carbons (Fsp3) is 0.233. The largest absolute Gasteiger partial charge is 0.449 e. The molecule has 5 aromatic carbocycles. The van der Waals surface area contributed by atoms with Gasteiger partial charge in [0.15, 0.2) is 0 Å². The number of amides is 1. The molecule has 49 heavy (non-hydrogen) atoms. The van der Waals surface area contributed by atoms with Crippen LogP contribution in [0.1, 0.15) is 40.2 Å². The Morgan fingerprint density at radius 3 is 1.69 bits per heavy atom. The molecule has 0 saturated carbocycles. The average Bonchev–Trinajstić information content (AvgIpc) is 3.47. The van der Waals surface area contributed by atoms with Gasteiger partial charge < -0.3 is 24.3 Å². The third-order valence-electron chi connectivity index (χ3n) is 8.81. The van der Waals surface area contributed by atoms with Crippen LogP contribution >= 0.6 is 0 Å². The van der Waals surface area contributed by atoms with E-state index in [2.05, 4.69) is 36.2 Å². The second-order valence-corrected chi connectivity index (χ2v) is 12.2. The molecule has 0 radical (unpaired) electrons. The zero-order chi connectivity index (χ0) is 33.7. The molecule has 1 N–H and O–H groups in total. The summed E-state index contributed by atoms with van der Waals surface area (Å²) in [7, 11) is 0. The van der Waals surface area contributed by atoms with Gasteiger partial charge in [0.1, 0.15) is 12.7 Å². The van der Waals surface area contributed by atoms with Crippen LogP contribution in [0.5, 0.6) is 0 Å². The molecule has 1 aliphatic rings. The van der Waals surface area contributed by atoms with Crippen molar-refractivity contribution in [1.82, 2.24) is 5.32 Å². The smallest absolute Gasteiger partial charge is 0.407 e. The minimum Gasteiger partial charge on any atom is -0.449 e. The Hall–Kier alpha value is -5.01. The van der Waals surface area contributed by atoms with E-state index in [1.54, 1.807) is 0 Å². The van der Waals surface area contributed by atoms with Crippen LogP contribution in [0.2, 0.25) is 0 Å². The molecule has 6 rings (SSSR count). The molecule has 1 amide bonds. The van der Waals surface area contributed by atoms with Crippen LogP contribution in [-0.2, 0) is 38.8 Å². The standard InChI is InChI=1S/C43H43NO5/c1-2-16-41(47-28-33-19-8-4-9-20-33)42(48-29-34-21-10-5-11-22-34)40(31-46-27-32-17-6-3-7-18-32)44-43(45)49-30-39-37-25-14-12-23-35(37)36-24-13-15-26-38(36)39/h2-15,17-26,39-42H,1,16,27-31H2,(H,44,45)/t40-,41+,42+/m0/s1. The van der Waals surface area contributed by atoms with Gasteiger partial charge in [-0.05, 0) is 45.4 Å². The SMILES string of the molecule is C=CC[C@@H](OCc1ccccc1)[C@H](OCc1ccccc1)[C@H](COCc1ccccc1)NC(=O)OCC1c2ccccc2-c2ccccc21. The summed E-state index contributed by atoms with van der Waals surface area (Å²) in [4.78, 5) is 13.7. The first-order chi connectivity index (χ1) is 24.2. The minimum atomic E-state index is -0.594. The fourth-order valence-corrected chi connectivity index (χ4v) is 6.38. The lowest BCUT2D eigenvalue weighted by molar-refractivity contribution is -0.108. The second kappa shape index (κ2) is 17.4. The van der Waals surface area contributed by atoms with Crippen molar-refractivity contribution in [3.63, 3.8) is 0 Å². The summed E-state index contributed by atoms with van der Waals surface area (Å²) in [6, 6.07) is 46.0. The first-order valence-electron chi connectivity index (χ1n) is 16.8. The van der Waals surface area contributed by atoms with Gasteiger partial charge >= 0.3 is 6.09 Å².